The zero-order chi connectivity index (χ0) is 14.2. The molecule has 0 aromatic heterocycles. The van der Waals surface area contributed by atoms with E-state index in [2.05, 4.69) is 4.90 Å². The minimum absolute atomic E-state index is 0.259. The van der Waals surface area contributed by atoms with E-state index in [9.17, 15) is 4.79 Å². The Morgan fingerprint density at radius 1 is 0.750 bits per heavy atom. The maximum absolute atomic E-state index is 11.1. The van der Waals surface area contributed by atoms with E-state index in [0.29, 0.717) is 12.1 Å². The molecule has 2 fully saturated rings. The van der Waals surface area contributed by atoms with Crippen molar-refractivity contribution in [3.05, 3.63) is 0 Å². The third kappa shape index (κ3) is 5.82. The fourth-order valence-electron chi connectivity index (χ4n) is 3.59. The topological polar surface area (TPSA) is 40.5 Å². The minimum atomic E-state index is -0.650. The number of nitrogens with zero attached hydrogens (tertiary/aromatic N) is 1. The van der Waals surface area contributed by atoms with Crippen LogP contribution in [0.4, 0.5) is 0 Å². The van der Waals surface area contributed by atoms with E-state index in [4.69, 9.17) is 5.11 Å². The standard InChI is InChI=1S/C17H31NO2/c19-17(20)14-18(16-12-13-16)15-10-8-6-4-2-1-3-5-7-9-11-15/h15-16H,1-14H2,(H,19,20). The largest absolute Gasteiger partial charge is 0.480 e. The number of carboxylic acids is 1. The second kappa shape index (κ2) is 8.66. The fraction of sp³-hybridized carbons (Fsp3) is 0.941. The second-order valence-corrected chi connectivity index (χ2v) is 6.71. The molecule has 0 bridgehead atoms. The molecule has 0 radical (unpaired) electrons. The lowest BCUT2D eigenvalue weighted by atomic mass is 9.96. The van der Waals surface area contributed by atoms with Gasteiger partial charge in [-0.1, -0.05) is 57.8 Å². The maximum atomic E-state index is 11.1. The minimum Gasteiger partial charge on any atom is -0.480 e. The zero-order valence-corrected chi connectivity index (χ0v) is 12.9. The molecule has 0 unspecified atom stereocenters. The van der Waals surface area contributed by atoms with Gasteiger partial charge in [0.15, 0.2) is 0 Å². The average molecular weight is 281 g/mol. The summed E-state index contributed by atoms with van der Waals surface area (Å²) in [5.41, 5.74) is 0. The van der Waals surface area contributed by atoms with E-state index in [1.165, 1.54) is 83.5 Å². The first-order valence-electron chi connectivity index (χ1n) is 8.75. The predicted molar refractivity (Wildman–Crippen MR) is 81.9 cm³/mol. The molecule has 0 aromatic rings. The number of carbonyl (C=O) groups is 1. The third-order valence-electron chi connectivity index (χ3n) is 4.88. The first kappa shape index (κ1) is 15.8. The molecular weight excluding hydrogens is 250 g/mol. The smallest absolute Gasteiger partial charge is 0.317 e. The monoisotopic (exact) mass is 281 g/mol. The van der Waals surface area contributed by atoms with Crippen LogP contribution in [-0.2, 0) is 4.79 Å². The van der Waals surface area contributed by atoms with Crippen LogP contribution in [0.2, 0.25) is 0 Å². The normalized spacial score (nSPS) is 24.1. The number of hydrogen-bond acceptors (Lipinski definition) is 2. The lowest BCUT2D eigenvalue weighted by molar-refractivity contribution is -0.139. The molecule has 2 rings (SSSR count). The van der Waals surface area contributed by atoms with Crippen molar-refractivity contribution in [2.24, 2.45) is 0 Å². The molecule has 2 aliphatic carbocycles. The van der Waals surface area contributed by atoms with E-state index in [-0.39, 0.29) is 6.54 Å². The summed E-state index contributed by atoms with van der Waals surface area (Å²) in [5.74, 6) is -0.650. The summed E-state index contributed by atoms with van der Waals surface area (Å²) in [7, 11) is 0. The molecule has 20 heavy (non-hydrogen) atoms. The van der Waals surface area contributed by atoms with Gasteiger partial charge in [0.25, 0.3) is 0 Å². The molecule has 0 amide bonds. The highest BCUT2D eigenvalue weighted by Crippen LogP contribution is 2.32. The Balaban J connectivity index is 1.87. The van der Waals surface area contributed by atoms with Crippen molar-refractivity contribution < 1.29 is 9.90 Å². The Kier molecular flexibility index (Phi) is 6.85. The molecule has 0 heterocycles. The van der Waals surface area contributed by atoms with Crippen LogP contribution in [0.25, 0.3) is 0 Å². The molecule has 3 nitrogen and oxygen atoms in total. The van der Waals surface area contributed by atoms with Gasteiger partial charge < -0.3 is 5.11 Å². The summed E-state index contributed by atoms with van der Waals surface area (Å²) in [6.45, 7) is 0.259. The SMILES string of the molecule is O=C(O)CN(C1CCCCCCCCCCC1)C1CC1. The highest BCUT2D eigenvalue weighted by molar-refractivity contribution is 5.69. The van der Waals surface area contributed by atoms with Crippen LogP contribution in [0, 0.1) is 0 Å². The Morgan fingerprint density at radius 2 is 1.15 bits per heavy atom. The van der Waals surface area contributed by atoms with E-state index in [1.807, 2.05) is 0 Å². The molecule has 2 saturated carbocycles. The number of carboxylic acid groups (broad SMARTS) is 1. The average Bonchev–Trinajstić information content (AvgIpc) is 3.21. The summed E-state index contributed by atoms with van der Waals surface area (Å²) in [4.78, 5) is 13.4. The van der Waals surface area contributed by atoms with Gasteiger partial charge in [0.05, 0.1) is 6.54 Å². The highest BCUT2D eigenvalue weighted by Gasteiger charge is 2.34. The van der Waals surface area contributed by atoms with Gasteiger partial charge in [-0.25, -0.2) is 0 Å². The molecule has 3 heteroatoms. The Labute approximate surface area is 123 Å². The molecule has 2 aliphatic rings. The predicted octanol–water partition coefficient (Wildman–Crippen LogP) is 4.21. The first-order chi connectivity index (χ1) is 9.77. The fourth-order valence-corrected chi connectivity index (χ4v) is 3.59. The van der Waals surface area contributed by atoms with Crippen molar-refractivity contribution in [1.82, 2.24) is 4.90 Å². The molecule has 0 spiro atoms. The van der Waals surface area contributed by atoms with Crippen molar-refractivity contribution in [3.63, 3.8) is 0 Å². The Bertz CT molecular complexity index is 277. The molecular formula is C17H31NO2. The Morgan fingerprint density at radius 3 is 1.55 bits per heavy atom. The quantitative estimate of drug-likeness (QED) is 0.839. The summed E-state index contributed by atoms with van der Waals surface area (Å²) in [6, 6.07) is 1.10. The van der Waals surface area contributed by atoms with Crippen LogP contribution >= 0.6 is 0 Å². The number of hydrogen-bond donors (Lipinski definition) is 1. The van der Waals surface area contributed by atoms with Gasteiger partial charge in [0.1, 0.15) is 0 Å². The van der Waals surface area contributed by atoms with Crippen LogP contribution in [0.3, 0.4) is 0 Å². The summed E-state index contributed by atoms with van der Waals surface area (Å²) >= 11 is 0. The van der Waals surface area contributed by atoms with Gasteiger partial charge in [-0.3, -0.25) is 9.69 Å². The van der Waals surface area contributed by atoms with E-state index in [1.54, 1.807) is 0 Å². The van der Waals surface area contributed by atoms with Crippen LogP contribution < -0.4 is 0 Å². The second-order valence-electron chi connectivity index (χ2n) is 6.71. The third-order valence-corrected chi connectivity index (χ3v) is 4.88. The van der Waals surface area contributed by atoms with Gasteiger partial charge in [-0.15, -0.1) is 0 Å². The van der Waals surface area contributed by atoms with Gasteiger partial charge >= 0.3 is 5.97 Å². The summed E-state index contributed by atoms with van der Waals surface area (Å²) < 4.78 is 0. The van der Waals surface area contributed by atoms with E-state index >= 15 is 0 Å². The number of aliphatic carboxylic acids is 1. The van der Waals surface area contributed by atoms with Crippen molar-refractivity contribution in [1.29, 1.82) is 0 Å². The van der Waals surface area contributed by atoms with Gasteiger partial charge in [-0.05, 0) is 25.7 Å². The summed E-state index contributed by atoms with van der Waals surface area (Å²) in [6.07, 6.45) is 17.0. The Hall–Kier alpha value is -0.570. The molecule has 0 aromatic carbocycles. The van der Waals surface area contributed by atoms with E-state index < -0.39 is 5.97 Å². The van der Waals surface area contributed by atoms with Crippen molar-refractivity contribution in [2.75, 3.05) is 6.54 Å². The van der Waals surface area contributed by atoms with Crippen molar-refractivity contribution >= 4 is 5.97 Å². The molecule has 0 saturated heterocycles. The summed E-state index contributed by atoms with van der Waals surface area (Å²) in [5, 5.41) is 9.16. The molecule has 0 atom stereocenters. The van der Waals surface area contributed by atoms with Crippen molar-refractivity contribution in [2.45, 2.75) is 95.6 Å². The van der Waals surface area contributed by atoms with Gasteiger partial charge in [0, 0.05) is 12.1 Å². The van der Waals surface area contributed by atoms with Gasteiger partial charge in [0.2, 0.25) is 0 Å². The highest BCUT2D eigenvalue weighted by atomic mass is 16.4. The van der Waals surface area contributed by atoms with Crippen LogP contribution in [-0.4, -0.2) is 34.6 Å². The van der Waals surface area contributed by atoms with Crippen molar-refractivity contribution in [3.8, 4) is 0 Å². The lowest BCUT2D eigenvalue weighted by Crippen LogP contribution is -2.40. The van der Waals surface area contributed by atoms with Crippen LogP contribution in [0.5, 0.6) is 0 Å². The maximum Gasteiger partial charge on any atom is 0.317 e. The molecule has 116 valence electrons. The van der Waals surface area contributed by atoms with Crippen LogP contribution in [0.1, 0.15) is 83.5 Å². The van der Waals surface area contributed by atoms with Gasteiger partial charge in [-0.2, -0.15) is 0 Å². The van der Waals surface area contributed by atoms with E-state index in [0.717, 1.165) is 0 Å². The first-order valence-corrected chi connectivity index (χ1v) is 8.75. The molecule has 0 aliphatic heterocycles. The molecule has 1 N–H and O–H groups in total. The number of rotatable bonds is 4. The lowest BCUT2D eigenvalue weighted by Gasteiger charge is -2.31. The van der Waals surface area contributed by atoms with Crippen LogP contribution in [0.15, 0.2) is 0 Å². The zero-order valence-electron chi connectivity index (χ0n) is 12.9.